The number of hydrazone groups is 1. The van der Waals surface area contributed by atoms with Crippen LogP contribution in [0.5, 0.6) is 17.2 Å². The first kappa shape index (κ1) is 26.8. The van der Waals surface area contributed by atoms with Crippen molar-refractivity contribution < 1.29 is 28.6 Å². The molecule has 0 bridgehead atoms. The summed E-state index contributed by atoms with van der Waals surface area (Å²) in [5.74, 6) is -0.829. The summed E-state index contributed by atoms with van der Waals surface area (Å²) < 4.78 is 25.4. The third-order valence-electron chi connectivity index (χ3n) is 6.16. The first-order valence-corrected chi connectivity index (χ1v) is 13.0. The van der Waals surface area contributed by atoms with Crippen LogP contribution in [0.4, 0.5) is 4.39 Å². The number of carbonyl (C=O) groups is 2. The van der Waals surface area contributed by atoms with E-state index >= 15 is 0 Å². The number of hydrogen-bond donors (Lipinski definition) is 2. The highest BCUT2D eigenvalue weighted by atomic mass is 32.2. The van der Waals surface area contributed by atoms with Gasteiger partial charge in [0, 0.05) is 16.7 Å². The smallest absolute Gasteiger partial charge is 0.279 e. The molecule has 2 amide bonds. The summed E-state index contributed by atoms with van der Waals surface area (Å²) in [6, 6.07) is 24.1. The van der Waals surface area contributed by atoms with Gasteiger partial charge in [-0.15, -0.1) is 0 Å². The lowest BCUT2D eigenvalue weighted by Crippen LogP contribution is -2.26. The van der Waals surface area contributed by atoms with Gasteiger partial charge in [-0.25, -0.2) is 9.40 Å². The van der Waals surface area contributed by atoms with E-state index in [1.54, 1.807) is 60.7 Å². The fourth-order valence-electron chi connectivity index (χ4n) is 4.21. The fraction of sp³-hybridized carbons (Fsp3) is 0.100. The molecule has 1 aliphatic rings. The molecule has 0 saturated carbocycles. The van der Waals surface area contributed by atoms with E-state index in [1.807, 2.05) is 6.07 Å². The number of rotatable bonds is 8. The molecular weight excluding hydrogens is 533 g/mol. The predicted octanol–water partition coefficient (Wildman–Crippen LogP) is 5.47. The Balaban J connectivity index is 1.50. The maximum absolute atomic E-state index is 13.6. The molecule has 1 aliphatic heterocycles. The number of hydrogen-bond acceptors (Lipinski definition) is 7. The second-order valence-electron chi connectivity index (χ2n) is 8.78. The lowest BCUT2D eigenvalue weighted by atomic mass is 10.1. The van der Waals surface area contributed by atoms with Crippen molar-refractivity contribution in [3.05, 3.63) is 125 Å². The molecular formula is C30H24FN3O5S. The number of methoxy groups -OCH3 is 1. The van der Waals surface area contributed by atoms with Crippen molar-refractivity contribution in [2.75, 3.05) is 7.11 Å². The number of thioether (sulfide) groups is 1. The molecule has 0 spiro atoms. The van der Waals surface area contributed by atoms with E-state index in [0.29, 0.717) is 33.2 Å². The van der Waals surface area contributed by atoms with Gasteiger partial charge in [-0.3, -0.25) is 9.59 Å². The SMILES string of the molecule is COc1c(OCc2cccc(C(N)=O)c2)cccc1C1SC(c2ccc(F)cc2)=NN1C(=O)c1ccccc1O. The van der Waals surface area contributed by atoms with E-state index in [0.717, 1.165) is 5.56 Å². The molecule has 5 rings (SSSR count). The second-order valence-corrected chi connectivity index (χ2v) is 9.85. The van der Waals surface area contributed by atoms with Gasteiger partial charge in [0.05, 0.1) is 12.7 Å². The van der Waals surface area contributed by atoms with Gasteiger partial charge in [-0.1, -0.05) is 48.2 Å². The average Bonchev–Trinajstić information content (AvgIpc) is 3.41. The van der Waals surface area contributed by atoms with Gasteiger partial charge in [0.2, 0.25) is 5.91 Å². The van der Waals surface area contributed by atoms with E-state index in [4.69, 9.17) is 15.2 Å². The minimum atomic E-state index is -0.691. The molecule has 1 atom stereocenters. The van der Waals surface area contributed by atoms with Crippen LogP contribution in [-0.2, 0) is 6.61 Å². The molecule has 10 heteroatoms. The first-order chi connectivity index (χ1) is 19.4. The summed E-state index contributed by atoms with van der Waals surface area (Å²) in [5, 5.41) is 16.0. The van der Waals surface area contributed by atoms with Crippen molar-refractivity contribution in [3.63, 3.8) is 0 Å². The molecule has 0 radical (unpaired) electrons. The standard InChI is InChI=1S/C30H24FN3O5S/c1-38-26-23(9-5-11-25(26)39-17-18-6-4-7-20(16-18)27(32)36)30-34(29(37)22-8-2-3-10-24(22)35)33-28(40-30)19-12-14-21(31)15-13-19/h2-16,30,35H,17H2,1H3,(H2,32,36). The number of halogens is 1. The normalized spacial score (nSPS) is 14.5. The van der Waals surface area contributed by atoms with Crippen molar-refractivity contribution in [2.45, 2.75) is 12.0 Å². The predicted molar refractivity (Wildman–Crippen MR) is 150 cm³/mol. The van der Waals surface area contributed by atoms with Crippen LogP contribution >= 0.6 is 11.8 Å². The van der Waals surface area contributed by atoms with E-state index in [1.165, 1.54) is 48.1 Å². The quantitative estimate of drug-likeness (QED) is 0.297. The number of benzene rings is 4. The molecule has 8 nitrogen and oxygen atoms in total. The summed E-state index contributed by atoms with van der Waals surface area (Å²) in [5.41, 5.74) is 7.81. The number of nitrogens with two attached hydrogens (primary N) is 1. The van der Waals surface area contributed by atoms with E-state index < -0.39 is 17.2 Å². The van der Waals surface area contributed by atoms with Crippen LogP contribution in [-0.4, -0.2) is 34.1 Å². The van der Waals surface area contributed by atoms with Gasteiger partial charge in [0.25, 0.3) is 5.91 Å². The minimum absolute atomic E-state index is 0.0814. The lowest BCUT2D eigenvalue weighted by molar-refractivity contribution is 0.0744. The minimum Gasteiger partial charge on any atom is -0.507 e. The van der Waals surface area contributed by atoms with Gasteiger partial charge < -0.3 is 20.3 Å². The molecule has 1 heterocycles. The van der Waals surface area contributed by atoms with Gasteiger partial charge in [-0.2, -0.15) is 5.10 Å². The Labute approximate surface area is 233 Å². The van der Waals surface area contributed by atoms with Crippen molar-refractivity contribution in [1.82, 2.24) is 5.01 Å². The maximum atomic E-state index is 13.6. The topological polar surface area (TPSA) is 114 Å². The molecule has 1 unspecified atom stereocenters. The molecule has 4 aromatic rings. The van der Waals surface area contributed by atoms with Crippen LogP contribution < -0.4 is 15.2 Å². The van der Waals surface area contributed by atoms with Crippen LogP contribution in [0.1, 0.15) is 42.8 Å². The Morgan fingerprint density at radius 2 is 1.77 bits per heavy atom. The molecule has 4 aromatic carbocycles. The lowest BCUT2D eigenvalue weighted by Gasteiger charge is -2.24. The number of aromatic hydroxyl groups is 1. The Morgan fingerprint density at radius 3 is 2.50 bits per heavy atom. The monoisotopic (exact) mass is 557 g/mol. The maximum Gasteiger partial charge on any atom is 0.279 e. The van der Waals surface area contributed by atoms with Crippen LogP contribution in [0.2, 0.25) is 0 Å². The summed E-state index contributed by atoms with van der Waals surface area (Å²) in [6.45, 7) is 0.136. The van der Waals surface area contributed by atoms with Crippen LogP contribution in [0.25, 0.3) is 0 Å². The Kier molecular flexibility index (Phi) is 7.70. The van der Waals surface area contributed by atoms with Crippen molar-refractivity contribution >= 4 is 28.6 Å². The number of carbonyl (C=O) groups excluding carboxylic acids is 2. The summed E-state index contributed by atoms with van der Waals surface area (Å²) >= 11 is 1.28. The number of phenolic OH excluding ortho intramolecular Hbond substituents is 1. The number of ether oxygens (including phenoxy) is 2. The highest BCUT2D eigenvalue weighted by Gasteiger charge is 2.37. The number of primary amides is 1. The molecule has 0 saturated heterocycles. The van der Waals surface area contributed by atoms with Gasteiger partial charge in [-0.05, 0) is 60.2 Å². The zero-order valence-corrected chi connectivity index (χ0v) is 22.1. The Hall–Kier alpha value is -4.83. The summed E-state index contributed by atoms with van der Waals surface area (Å²) in [4.78, 5) is 25.2. The summed E-state index contributed by atoms with van der Waals surface area (Å²) in [7, 11) is 1.50. The highest BCUT2D eigenvalue weighted by Crippen LogP contribution is 2.48. The molecule has 3 N–H and O–H groups in total. The van der Waals surface area contributed by atoms with Crippen LogP contribution in [0.3, 0.4) is 0 Å². The number of phenols is 1. The zero-order chi connectivity index (χ0) is 28.2. The van der Waals surface area contributed by atoms with Gasteiger partial charge >= 0.3 is 0 Å². The third kappa shape index (κ3) is 5.48. The van der Waals surface area contributed by atoms with Gasteiger partial charge in [0.1, 0.15) is 28.6 Å². The molecule has 202 valence electrons. The van der Waals surface area contributed by atoms with E-state index in [-0.39, 0.29) is 23.7 Å². The fourth-order valence-corrected chi connectivity index (χ4v) is 5.38. The number of nitrogens with zero attached hydrogens (tertiary/aromatic N) is 2. The average molecular weight is 558 g/mol. The van der Waals surface area contributed by atoms with Crippen molar-refractivity contribution in [3.8, 4) is 17.2 Å². The molecule has 0 aliphatic carbocycles. The molecule has 0 aromatic heterocycles. The number of para-hydroxylation sites is 2. The zero-order valence-electron chi connectivity index (χ0n) is 21.3. The van der Waals surface area contributed by atoms with Crippen LogP contribution in [0.15, 0.2) is 96.1 Å². The summed E-state index contributed by atoms with van der Waals surface area (Å²) in [6.07, 6.45) is 0. The largest absolute Gasteiger partial charge is 0.507 e. The highest BCUT2D eigenvalue weighted by molar-refractivity contribution is 8.14. The van der Waals surface area contributed by atoms with E-state index in [2.05, 4.69) is 5.10 Å². The third-order valence-corrected chi connectivity index (χ3v) is 7.38. The second kappa shape index (κ2) is 11.5. The van der Waals surface area contributed by atoms with Crippen LogP contribution in [0, 0.1) is 5.82 Å². The first-order valence-electron chi connectivity index (χ1n) is 12.2. The van der Waals surface area contributed by atoms with Crippen molar-refractivity contribution in [1.29, 1.82) is 0 Å². The molecule has 40 heavy (non-hydrogen) atoms. The molecule has 0 fully saturated rings. The van der Waals surface area contributed by atoms with E-state index in [9.17, 15) is 19.1 Å². The number of amides is 2. The Morgan fingerprint density at radius 1 is 1.02 bits per heavy atom. The Bertz CT molecular complexity index is 1610. The van der Waals surface area contributed by atoms with Gasteiger partial charge in [0.15, 0.2) is 11.5 Å². The van der Waals surface area contributed by atoms with Crippen molar-refractivity contribution in [2.24, 2.45) is 10.8 Å².